The highest BCUT2D eigenvalue weighted by Gasteiger charge is 2.13. The number of rotatable bonds is 3. The van der Waals surface area contributed by atoms with Gasteiger partial charge in [0.2, 0.25) is 0 Å². The van der Waals surface area contributed by atoms with Crippen molar-refractivity contribution >= 4 is 43.1 Å². The van der Waals surface area contributed by atoms with Gasteiger partial charge in [-0.25, -0.2) is 4.98 Å². The highest BCUT2D eigenvalue weighted by Crippen LogP contribution is 2.41. The molecular weight excluding hydrogens is 338 g/mol. The second-order valence-electron chi connectivity index (χ2n) is 6.51. The monoisotopic (exact) mass is 365 g/mol. The summed E-state index contributed by atoms with van der Waals surface area (Å²) in [6.45, 7) is 0. The normalized spacial score (nSPS) is 19.3. The van der Waals surface area contributed by atoms with Crippen LogP contribution in [0.25, 0.3) is 10.2 Å². The van der Waals surface area contributed by atoms with Crippen molar-refractivity contribution in [3.63, 3.8) is 0 Å². The van der Waals surface area contributed by atoms with E-state index in [2.05, 4.69) is 35.1 Å². The lowest BCUT2D eigenvalue weighted by molar-refractivity contribution is 0.510. The second-order valence-corrected chi connectivity index (χ2v) is 10.3. The number of benzene rings is 1. The van der Waals surface area contributed by atoms with E-state index >= 15 is 0 Å². The van der Waals surface area contributed by atoms with Gasteiger partial charge in [-0.15, -0.1) is 11.3 Å². The van der Waals surface area contributed by atoms with E-state index in [0.29, 0.717) is 0 Å². The topological polar surface area (TPSA) is 12.9 Å². The Morgan fingerprint density at radius 2 is 1.43 bits per heavy atom. The van der Waals surface area contributed by atoms with E-state index in [1.54, 1.807) is 0 Å². The van der Waals surface area contributed by atoms with Crippen molar-refractivity contribution in [3.05, 3.63) is 24.3 Å². The molecule has 0 unspecified atom stereocenters. The Morgan fingerprint density at radius 1 is 0.826 bits per heavy atom. The van der Waals surface area contributed by atoms with Crippen molar-refractivity contribution < 1.29 is 0 Å². The minimum absolute atomic E-state index is 0.812. The molecular formula is C19H27NS3. The zero-order chi connectivity index (χ0) is 15.7. The van der Waals surface area contributed by atoms with Crippen LogP contribution in [0.15, 0.2) is 28.6 Å². The molecule has 4 heteroatoms. The van der Waals surface area contributed by atoms with Crippen molar-refractivity contribution in [3.8, 4) is 0 Å². The minimum Gasteiger partial charge on any atom is -0.229 e. The molecule has 1 nitrogen and oxygen atoms in total. The summed E-state index contributed by atoms with van der Waals surface area (Å²) < 4.78 is 2.54. The summed E-state index contributed by atoms with van der Waals surface area (Å²) in [4.78, 5) is 4.76. The van der Waals surface area contributed by atoms with Gasteiger partial charge in [-0.2, -0.15) is 0 Å². The van der Waals surface area contributed by atoms with Crippen molar-refractivity contribution in [2.24, 2.45) is 0 Å². The molecule has 0 saturated heterocycles. The van der Waals surface area contributed by atoms with Gasteiger partial charge in [-0.1, -0.05) is 80.7 Å². The van der Waals surface area contributed by atoms with Crippen molar-refractivity contribution in [2.45, 2.75) is 80.2 Å². The second kappa shape index (κ2) is 9.95. The summed E-state index contributed by atoms with van der Waals surface area (Å²) in [5, 5.41) is 0.812. The maximum Gasteiger partial charge on any atom is 0.161 e. The number of para-hydroxylation sites is 1. The summed E-state index contributed by atoms with van der Waals surface area (Å²) in [6, 6.07) is 8.49. The Labute approximate surface area is 152 Å². The average Bonchev–Trinajstić information content (AvgIpc) is 2.97. The average molecular weight is 366 g/mol. The molecule has 0 aliphatic heterocycles. The van der Waals surface area contributed by atoms with Gasteiger partial charge in [0.15, 0.2) is 4.34 Å². The predicted octanol–water partition coefficient (Wildman–Crippen LogP) is 7.71. The number of fused-ring (bicyclic) bond motifs is 1. The van der Waals surface area contributed by atoms with E-state index in [-0.39, 0.29) is 0 Å². The molecule has 1 aromatic heterocycles. The van der Waals surface area contributed by atoms with E-state index in [9.17, 15) is 0 Å². The highest BCUT2D eigenvalue weighted by molar-refractivity contribution is 8.77. The van der Waals surface area contributed by atoms with Crippen LogP contribution in [-0.2, 0) is 0 Å². The van der Waals surface area contributed by atoms with Crippen LogP contribution >= 0.6 is 32.9 Å². The molecule has 1 saturated carbocycles. The fourth-order valence-electron chi connectivity index (χ4n) is 3.22. The van der Waals surface area contributed by atoms with Crippen LogP contribution in [0.1, 0.15) is 70.6 Å². The molecule has 0 spiro atoms. The smallest absolute Gasteiger partial charge is 0.161 e. The SMILES string of the molecule is c1ccc2sc(SSC3CCCCCCCCCCC3)nc2c1. The van der Waals surface area contributed by atoms with Crippen LogP contribution in [-0.4, -0.2) is 10.2 Å². The first-order chi connectivity index (χ1) is 11.4. The lowest BCUT2D eigenvalue weighted by atomic mass is 10.0. The minimum atomic E-state index is 0.812. The molecule has 3 rings (SSSR count). The van der Waals surface area contributed by atoms with Crippen LogP contribution in [0, 0.1) is 0 Å². The maximum atomic E-state index is 4.76. The molecule has 1 aliphatic rings. The molecule has 0 N–H and O–H groups in total. The van der Waals surface area contributed by atoms with E-state index in [4.69, 9.17) is 4.98 Å². The molecule has 2 aromatic rings. The Morgan fingerprint density at radius 3 is 2.09 bits per heavy atom. The van der Waals surface area contributed by atoms with Gasteiger partial charge in [0.05, 0.1) is 10.2 Å². The van der Waals surface area contributed by atoms with Gasteiger partial charge in [-0.3, -0.25) is 0 Å². The van der Waals surface area contributed by atoms with Gasteiger partial charge >= 0.3 is 0 Å². The first-order valence-electron chi connectivity index (χ1n) is 9.11. The summed E-state index contributed by atoms with van der Waals surface area (Å²) in [6.07, 6.45) is 15.7. The summed E-state index contributed by atoms with van der Waals surface area (Å²) in [7, 11) is 4.00. The molecule has 126 valence electrons. The lowest BCUT2D eigenvalue weighted by Gasteiger charge is -2.16. The van der Waals surface area contributed by atoms with Gasteiger partial charge in [0.25, 0.3) is 0 Å². The van der Waals surface area contributed by atoms with E-state index in [1.165, 1.54) is 79.7 Å². The third-order valence-corrected chi connectivity index (χ3v) is 8.88. The summed E-state index contributed by atoms with van der Waals surface area (Å²) in [5.41, 5.74) is 1.15. The fourth-order valence-corrected chi connectivity index (χ4v) is 7.20. The third-order valence-electron chi connectivity index (χ3n) is 4.58. The molecule has 0 atom stereocenters. The van der Waals surface area contributed by atoms with Crippen molar-refractivity contribution in [2.75, 3.05) is 0 Å². The Hall–Kier alpha value is -0.190. The van der Waals surface area contributed by atoms with Gasteiger partial charge < -0.3 is 0 Å². The van der Waals surface area contributed by atoms with Crippen LogP contribution < -0.4 is 0 Å². The van der Waals surface area contributed by atoms with E-state index < -0.39 is 0 Å². The first kappa shape index (κ1) is 17.6. The van der Waals surface area contributed by atoms with Gasteiger partial charge in [0, 0.05) is 5.25 Å². The largest absolute Gasteiger partial charge is 0.229 e. The zero-order valence-electron chi connectivity index (χ0n) is 13.8. The number of nitrogens with zero attached hydrogens (tertiary/aromatic N) is 1. The Balaban J connectivity index is 1.51. The molecule has 1 fully saturated rings. The molecule has 1 aromatic carbocycles. The molecule has 1 aliphatic carbocycles. The maximum absolute atomic E-state index is 4.76. The third kappa shape index (κ3) is 5.99. The van der Waals surface area contributed by atoms with Crippen LogP contribution in [0.5, 0.6) is 0 Å². The molecule has 0 radical (unpaired) electrons. The predicted molar refractivity (Wildman–Crippen MR) is 108 cm³/mol. The quantitative estimate of drug-likeness (QED) is 0.517. The molecule has 0 bridgehead atoms. The first-order valence-corrected chi connectivity index (χ1v) is 12.1. The Kier molecular flexibility index (Phi) is 7.63. The summed E-state index contributed by atoms with van der Waals surface area (Å²) in [5.74, 6) is 0. The number of hydrogen-bond acceptors (Lipinski definition) is 4. The van der Waals surface area contributed by atoms with Crippen molar-refractivity contribution in [1.29, 1.82) is 0 Å². The fraction of sp³-hybridized carbons (Fsp3) is 0.632. The van der Waals surface area contributed by atoms with Crippen LogP contribution in [0.4, 0.5) is 0 Å². The van der Waals surface area contributed by atoms with E-state index in [0.717, 1.165) is 10.8 Å². The lowest BCUT2D eigenvalue weighted by Crippen LogP contribution is -2.02. The van der Waals surface area contributed by atoms with Gasteiger partial charge in [0.1, 0.15) is 0 Å². The number of hydrogen-bond donors (Lipinski definition) is 0. The van der Waals surface area contributed by atoms with Crippen LogP contribution in [0.2, 0.25) is 0 Å². The van der Waals surface area contributed by atoms with Gasteiger partial charge in [-0.05, 0) is 35.8 Å². The number of thiazole rings is 1. The molecule has 23 heavy (non-hydrogen) atoms. The molecule has 0 amide bonds. The highest BCUT2D eigenvalue weighted by atomic mass is 33.1. The van der Waals surface area contributed by atoms with E-state index in [1.807, 2.05) is 22.1 Å². The zero-order valence-corrected chi connectivity index (χ0v) is 16.3. The number of aromatic nitrogens is 1. The molecule has 1 heterocycles. The van der Waals surface area contributed by atoms with Crippen molar-refractivity contribution in [1.82, 2.24) is 4.98 Å². The standard InChI is InChI=1S/C19H27NS3/c1-2-4-6-8-12-16(13-9-7-5-3-1)22-23-19-20-17-14-10-11-15-18(17)21-19/h10-11,14-16H,1-9,12-13H2. The summed E-state index contributed by atoms with van der Waals surface area (Å²) >= 11 is 1.84. The van der Waals surface area contributed by atoms with Crippen LogP contribution in [0.3, 0.4) is 0 Å². The Bertz CT molecular complexity index is 536.